The molecular weight excluding hydrogens is 427 g/mol. The van der Waals surface area contributed by atoms with Gasteiger partial charge in [-0.15, -0.1) is 11.8 Å². The van der Waals surface area contributed by atoms with E-state index in [-0.39, 0.29) is 28.1 Å². The number of rotatable bonds is 7. The van der Waals surface area contributed by atoms with Crippen molar-refractivity contribution in [2.75, 3.05) is 26.0 Å². The van der Waals surface area contributed by atoms with E-state index in [0.29, 0.717) is 19.5 Å². The van der Waals surface area contributed by atoms with E-state index in [2.05, 4.69) is 5.32 Å². The topological polar surface area (TPSA) is 75.7 Å². The lowest BCUT2D eigenvalue weighted by molar-refractivity contribution is 0.0931. The zero-order valence-electron chi connectivity index (χ0n) is 17.1. The molecule has 9 heteroatoms. The van der Waals surface area contributed by atoms with Crippen LogP contribution in [0.3, 0.4) is 0 Å². The Morgan fingerprint density at radius 1 is 1.23 bits per heavy atom. The monoisotopic (exact) mass is 452 g/mol. The Hall–Kier alpha value is -2.10. The summed E-state index contributed by atoms with van der Waals surface area (Å²) in [5, 5.41) is 2.92. The molecular formula is C21H25FN2O4S2. The molecule has 2 aromatic carbocycles. The number of carbonyl (C=O) groups excluding carboxylic acids is 1. The standard InChI is InChI=1S/C21H25FN2O4S2/c1-4-24(5-2)30(26,27)15-7-8-19(28-3)17(13-15)21(25)23-18-10-11-29-20-9-6-14(22)12-16(18)20/h6-9,12-13,18H,4-5,10-11H2,1-3H3,(H,23,25). The Balaban J connectivity index is 1.94. The lowest BCUT2D eigenvalue weighted by Gasteiger charge is -2.26. The van der Waals surface area contributed by atoms with Gasteiger partial charge in [-0.1, -0.05) is 13.8 Å². The third-order valence-corrected chi connectivity index (χ3v) is 8.24. The van der Waals surface area contributed by atoms with Crippen molar-refractivity contribution in [1.29, 1.82) is 0 Å². The van der Waals surface area contributed by atoms with Crippen LogP contribution in [0.5, 0.6) is 5.75 Å². The van der Waals surface area contributed by atoms with Crippen molar-refractivity contribution in [2.45, 2.75) is 36.1 Å². The van der Waals surface area contributed by atoms with Crippen LogP contribution in [-0.2, 0) is 10.0 Å². The van der Waals surface area contributed by atoms with Gasteiger partial charge in [-0.3, -0.25) is 4.79 Å². The summed E-state index contributed by atoms with van der Waals surface area (Å²) < 4.78 is 46.1. The van der Waals surface area contributed by atoms with Crippen molar-refractivity contribution in [3.05, 3.63) is 53.3 Å². The molecule has 162 valence electrons. The molecule has 30 heavy (non-hydrogen) atoms. The van der Waals surface area contributed by atoms with Crippen LogP contribution in [0.2, 0.25) is 0 Å². The van der Waals surface area contributed by atoms with Gasteiger partial charge in [0, 0.05) is 23.7 Å². The van der Waals surface area contributed by atoms with E-state index < -0.39 is 15.9 Å². The number of ether oxygens (including phenoxy) is 1. The van der Waals surface area contributed by atoms with Crippen LogP contribution in [0.15, 0.2) is 46.2 Å². The molecule has 0 saturated carbocycles. The summed E-state index contributed by atoms with van der Waals surface area (Å²) in [7, 11) is -2.30. The lowest BCUT2D eigenvalue weighted by atomic mass is 10.0. The lowest BCUT2D eigenvalue weighted by Crippen LogP contribution is -2.32. The van der Waals surface area contributed by atoms with Gasteiger partial charge in [0.15, 0.2) is 0 Å². The molecule has 1 aliphatic rings. The number of nitrogens with zero attached hydrogens (tertiary/aromatic N) is 1. The molecule has 1 N–H and O–H groups in total. The van der Waals surface area contributed by atoms with E-state index in [0.717, 1.165) is 16.2 Å². The maximum Gasteiger partial charge on any atom is 0.255 e. The minimum absolute atomic E-state index is 0.0304. The fraction of sp³-hybridized carbons (Fsp3) is 0.381. The van der Waals surface area contributed by atoms with Crippen molar-refractivity contribution < 1.29 is 22.3 Å². The minimum atomic E-state index is -3.72. The van der Waals surface area contributed by atoms with Gasteiger partial charge >= 0.3 is 0 Å². The van der Waals surface area contributed by atoms with Gasteiger partial charge in [0.1, 0.15) is 11.6 Å². The van der Waals surface area contributed by atoms with E-state index >= 15 is 0 Å². The maximum absolute atomic E-state index is 13.8. The number of nitrogens with one attached hydrogen (secondary N) is 1. The fourth-order valence-electron chi connectivity index (χ4n) is 3.49. The van der Waals surface area contributed by atoms with Crippen LogP contribution in [0.1, 0.15) is 42.2 Å². The quantitative estimate of drug-likeness (QED) is 0.691. The summed E-state index contributed by atoms with van der Waals surface area (Å²) in [6.45, 7) is 4.18. The predicted molar refractivity (Wildman–Crippen MR) is 115 cm³/mol. The van der Waals surface area contributed by atoms with Crippen molar-refractivity contribution in [1.82, 2.24) is 9.62 Å². The molecule has 0 fully saturated rings. The third-order valence-electron chi connectivity index (χ3n) is 5.08. The highest BCUT2D eigenvalue weighted by molar-refractivity contribution is 7.99. The maximum atomic E-state index is 13.8. The van der Waals surface area contributed by atoms with Gasteiger partial charge in [-0.25, -0.2) is 12.8 Å². The second kappa shape index (κ2) is 9.36. The van der Waals surface area contributed by atoms with E-state index in [4.69, 9.17) is 4.74 Å². The molecule has 0 spiro atoms. The fourth-order valence-corrected chi connectivity index (χ4v) is 6.08. The van der Waals surface area contributed by atoms with Crippen molar-refractivity contribution in [2.24, 2.45) is 0 Å². The molecule has 0 bridgehead atoms. The van der Waals surface area contributed by atoms with Gasteiger partial charge < -0.3 is 10.1 Å². The summed E-state index contributed by atoms with van der Waals surface area (Å²) in [4.78, 5) is 14.0. The Bertz CT molecular complexity index is 1040. The number of fused-ring (bicyclic) bond motifs is 1. The zero-order valence-corrected chi connectivity index (χ0v) is 18.8. The van der Waals surface area contributed by atoms with Crippen LogP contribution in [0.25, 0.3) is 0 Å². The van der Waals surface area contributed by atoms with Crippen LogP contribution >= 0.6 is 11.8 Å². The molecule has 1 unspecified atom stereocenters. The van der Waals surface area contributed by atoms with Gasteiger partial charge in [-0.2, -0.15) is 4.31 Å². The Labute approximate surface area is 180 Å². The van der Waals surface area contributed by atoms with Gasteiger partial charge in [0.05, 0.1) is 23.6 Å². The number of amides is 1. The van der Waals surface area contributed by atoms with E-state index in [1.165, 1.54) is 41.7 Å². The van der Waals surface area contributed by atoms with Crippen LogP contribution in [0.4, 0.5) is 4.39 Å². The normalized spacial score (nSPS) is 16.2. The zero-order chi connectivity index (χ0) is 21.9. The summed E-state index contributed by atoms with van der Waals surface area (Å²) in [5.74, 6) is 0.239. The Morgan fingerprint density at radius 3 is 2.63 bits per heavy atom. The van der Waals surface area contributed by atoms with Crippen LogP contribution < -0.4 is 10.1 Å². The van der Waals surface area contributed by atoms with E-state index in [1.54, 1.807) is 31.7 Å². The molecule has 6 nitrogen and oxygen atoms in total. The molecule has 0 aliphatic carbocycles. The minimum Gasteiger partial charge on any atom is -0.496 e. The SMILES string of the molecule is CCN(CC)S(=O)(=O)c1ccc(OC)c(C(=O)NC2CCSc3ccc(F)cc32)c1. The van der Waals surface area contributed by atoms with Crippen molar-refractivity contribution >= 4 is 27.7 Å². The molecule has 3 rings (SSSR count). The van der Waals surface area contributed by atoms with E-state index in [9.17, 15) is 17.6 Å². The molecule has 1 atom stereocenters. The molecule has 0 aromatic heterocycles. The molecule has 1 heterocycles. The number of methoxy groups -OCH3 is 1. The number of benzene rings is 2. The predicted octanol–water partition coefficient (Wildman–Crippen LogP) is 3.83. The Morgan fingerprint density at radius 2 is 1.97 bits per heavy atom. The number of carbonyl (C=O) groups is 1. The van der Waals surface area contributed by atoms with Crippen LogP contribution in [-0.4, -0.2) is 44.6 Å². The summed E-state index contributed by atoms with van der Waals surface area (Å²) in [5.41, 5.74) is 0.854. The first kappa shape index (κ1) is 22.6. The second-order valence-corrected chi connectivity index (χ2v) is 9.87. The highest BCUT2D eigenvalue weighted by Gasteiger charge is 2.27. The first-order valence-electron chi connectivity index (χ1n) is 9.73. The molecule has 2 aromatic rings. The largest absolute Gasteiger partial charge is 0.496 e. The number of halogens is 1. The highest BCUT2D eigenvalue weighted by atomic mass is 32.2. The summed E-state index contributed by atoms with van der Waals surface area (Å²) >= 11 is 1.62. The third kappa shape index (κ3) is 4.48. The first-order chi connectivity index (χ1) is 14.3. The number of thioether (sulfide) groups is 1. The first-order valence-corrected chi connectivity index (χ1v) is 12.2. The average Bonchev–Trinajstić information content (AvgIpc) is 2.74. The number of hydrogen-bond donors (Lipinski definition) is 1. The van der Waals surface area contributed by atoms with Gasteiger partial charge in [-0.05, 0) is 48.4 Å². The molecule has 1 aliphatic heterocycles. The van der Waals surface area contributed by atoms with Crippen LogP contribution in [0, 0.1) is 5.82 Å². The van der Waals surface area contributed by atoms with Crippen molar-refractivity contribution in [3.8, 4) is 5.75 Å². The Kier molecular flexibility index (Phi) is 7.05. The average molecular weight is 453 g/mol. The second-order valence-electron chi connectivity index (χ2n) is 6.80. The molecule has 0 radical (unpaired) electrons. The highest BCUT2D eigenvalue weighted by Crippen LogP contribution is 2.37. The van der Waals surface area contributed by atoms with Gasteiger partial charge in [0.2, 0.25) is 10.0 Å². The summed E-state index contributed by atoms with van der Waals surface area (Å²) in [6, 6.07) is 8.45. The van der Waals surface area contributed by atoms with Crippen molar-refractivity contribution in [3.63, 3.8) is 0 Å². The molecule has 0 saturated heterocycles. The number of sulfonamides is 1. The smallest absolute Gasteiger partial charge is 0.255 e. The molecule has 1 amide bonds. The van der Waals surface area contributed by atoms with E-state index in [1.807, 2.05) is 0 Å². The van der Waals surface area contributed by atoms with Gasteiger partial charge in [0.25, 0.3) is 5.91 Å². The summed E-state index contributed by atoms with van der Waals surface area (Å²) in [6.07, 6.45) is 0.645. The number of hydrogen-bond acceptors (Lipinski definition) is 5.